The van der Waals surface area contributed by atoms with Crippen LogP contribution in [0.25, 0.3) is 0 Å². The lowest BCUT2D eigenvalue weighted by Crippen LogP contribution is -2.45. The molecule has 0 saturated carbocycles. The summed E-state index contributed by atoms with van der Waals surface area (Å²) in [7, 11) is -0.973. The second-order valence-electron chi connectivity index (χ2n) is 5.22. The Morgan fingerprint density at radius 3 is 2.72 bits per heavy atom. The molecule has 0 bridgehead atoms. The van der Waals surface area contributed by atoms with Crippen LogP contribution in [0.2, 0.25) is 0 Å². The molecule has 0 spiro atoms. The van der Waals surface area contributed by atoms with E-state index in [2.05, 4.69) is 11.9 Å². The van der Waals surface area contributed by atoms with E-state index < -0.39 is 9.84 Å². The number of hydrogen-bond acceptors (Lipinski definition) is 3. The Bertz CT molecular complexity index is 338. The van der Waals surface area contributed by atoms with Gasteiger partial charge in [-0.25, -0.2) is 8.42 Å². The lowest BCUT2D eigenvalue weighted by Gasteiger charge is -2.30. The summed E-state index contributed by atoms with van der Waals surface area (Å²) in [5.74, 6) is 0.381. The summed E-state index contributed by atoms with van der Waals surface area (Å²) < 4.78 is 24.1. The van der Waals surface area contributed by atoms with E-state index in [-0.39, 0.29) is 11.3 Å². The first-order chi connectivity index (χ1) is 8.61. The number of sulfone groups is 1. The number of rotatable bonds is 8. The highest BCUT2D eigenvalue weighted by molar-refractivity contribution is 7.92. The maximum Gasteiger partial charge on any atom is 0.154 e. The molecule has 106 valence electrons. The lowest BCUT2D eigenvalue weighted by atomic mass is 10.0. The van der Waals surface area contributed by atoms with E-state index in [1.54, 1.807) is 0 Å². The average Bonchev–Trinajstić information content (AvgIpc) is 2.34. The summed E-state index contributed by atoms with van der Waals surface area (Å²) in [6, 6.07) is 0.138. The molecule has 0 aliphatic carbocycles. The normalized spacial score (nSPS) is 24.6. The summed E-state index contributed by atoms with van der Waals surface area (Å²) in [5, 5.41) is 3.06. The topological polar surface area (TPSA) is 46.2 Å². The molecule has 2 atom stereocenters. The van der Waals surface area contributed by atoms with Gasteiger partial charge in [-0.05, 0) is 39.2 Å². The van der Waals surface area contributed by atoms with Gasteiger partial charge in [0.1, 0.15) is 0 Å². The van der Waals surface area contributed by atoms with Crippen molar-refractivity contribution in [1.82, 2.24) is 5.32 Å². The van der Waals surface area contributed by atoms with E-state index in [0.29, 0.717) is 5.75 Å². The van der Waals surface area contributed by atoms with Crippen LogP contribution in [0.15, 0.2) is 12.7 Å². The second kappa shape index (κ2) is 7.95. The Balaban J connectivity index is 2.42. The molecule has 3 nitrogen and oxygen atoms in total. The highest BCUT2D eigenvalue weighted by Crippen LogP contribution is 2.24. The van der Waals surface area contributed by atoms with Gasteiger partial charge in [0, 0.05) is 6.04 Å². The fourth-order valence-corrected chi connectivity index (χ4v) is 4.98. The second-order valence-corrected chi connectivity index (χ2v) is 7.56. The lowest BCUT2D eigenvalue weighted by molar-refractivity contribution is 0.424. The van der Waals surface area contributed by atoms with Gasteiger partial charge in [-0.1, -0.05) is 25.3 Å². The van der Waals surface area contributed by atoms with E-state index in [0.717, 1.165) is 51.4 Å². The van der Waals surface area contributed by atoms with Crippen molar-refractivity contribution in [1.29, 1.82) is 0 Å². The first kappa shape index (κ1) is 15.7. The predicted molar refractivity (Wildman–Crippen MR) is 77.6 cm³/mol. The van der Waals surface area contributed by atoms with Gasteiger partial charge in [-0.3, -0.25) is 0 Å². The molecule has 2 unspecified atom stereocenters. The van der Waals surface area contributed by atoms with Crippen LogP contribution in [0.3, 0.4) is 0 Å². The van der Waals surface area contributed by atoms with Crippen LogP contribution in [-0.4, -0.2) is 32.5 Å². The van der Waals surface area contributed by atoms with Gasteiger partial charge in [-0.2, -0.15) is 0 Å². The molecule has 0 amide bonds. The molecule has 1 fully saturated rings. The molecule has 0 aromatic carbocycles. The third-order valence-electron chi connectivity index (χ3n) is 3.87. The fourth-order valence-electron chi connectivity index (χ4n) is 2.78. The molecular formula is C14H27NO2S. The molecule has 1 saturated heterocycles. The first-order valence-corrected chi connectivity index (χ1v) is 8.83. The van der Waals surface area contributed by atoms with Crippen molar-refractivity contribution in [3.8, 4) is 0 Å². The van der Waals surface area contributed by atoms with E-state index in [1.807, 2.05) is 13.1 Å². The monoisotopic (exact) mass is 273 g/mol. The quantitative estimate of drug-likeness (QED) is 0.546. The largest absolute Gasteiger partial charge is 0.316 e. The van der Waals surface area contributed by atoms with Gasteiger partial charge in [0.2, 0.25) is 0 Å². The van der Waals surface area contributed by atoms with Crippen LogP contribution in [0.1, 0.15) is 51.4 Å². The van der Waals surface area contributed by atoms with Crippen LogP contribution in [0.4, 0.5) is 0 Å². The summed E-state index contributed by atoms with van der Waals surface area (Å²) in [6.45, 7) is 3.71. The highest BCUT2D eigenvalue weighted by atomic mass is 32.2. The number of allylic oxidation sites excluding steroid dienone is 1. The van der Waals surface area contributed by atoms with Gasteiger partial charge in [0.15, 0.2) is 9.84 Å². The van der Waals surface area contributed by atoms with Crippen LogP contribution in [0, 0.1) is 0 Å². The molecule has 0 radical (unpaired) electrons. The van der Waals surface area contributed by atoms with E-state index in [4.69, 9.17) is 0 Å². The summed E-state index contributed by atoms with van der Waals surface area (Å²) in [5.41, 5.74) is 0. The van der Waals surface area contributed by atoms with Crippen LogP contribution in [-0.2, 0) is 9.84 Å². The zero-order valence-corrected chi connectivity index (χ0v) is 12.3. The Hall–Kier alpha value is -0.350. The van der Waals surface area contributed by atoms with Gasteiger partial charge >= 0.3 is 0 Å². The number of unbranched alkanes of at least 4 members (excludes halogenated alkanes) is 3. The van der Waals surface area contributed by atoms with Gasteiger partial charge in [-0.15, -0.1) is 6.58 Å². The maximum atomic E-state index is 12.1. The Kier molecular flexibility index (Phi) is 6.94. The minimum absolute atomic E-state index is 0.138. The minimum atomic E-state index is -2.86. The van der Waals surface area contributed by atoms with Crippen LogP contribution < -0.4 is 5.32 Å². The zero-order chi connectivity index (χ0) is 13.4. The molecule has 1 aliphatic rings. The third-order valence-corrected chi connectivity index (χ3v) is 6.22. The molecule has 4 heteroatoms. The molecule has 1 rings (SSSR count). The molecule has 1 heterocycles. The minimum Gasteiger partial charge on any atom is -0.316 e. The van der Waals surface area contributed by atoms with Gasteiger partial charge < -0.3 is 5.32 Å². The molecule has 1 aliphatic heterocycles. The summed E-state index contributed by atoms with van der Waals surface area (Å²) in [4.78, 5) is 0. The van der Waals surface area contributed by atoms with Crippen molar-refractivity contribution < 1.29 is 8.42 Å². The predicted octanol–water partition coefficient (Wildman–Crippen LogP) is 2.68. The average molecular weight is 273 g/mol. The molecule has 1 N–H and O–H groups in total. The van der Waals surface area contributed by atoms with E-state index >= 15 is 0 Å². The zero-order valence-electron chi connectivity index (χ0n) is 11.5. The summed E-state index contributed by atoms with van der Waals surface area (Å²) >= 11 is 0. The molecule has 18 heavy (non-hydrogen) atoms. The van der Waals surface area contributed by atoms with Crippen molar-refractivity contribution in [3.05, 3.63) is 12.7 Å². The molecule has 0 aromatic rings. The third kappa shape index (κ3) is 4.73. The molecule has 0 aromatic heterocycles. The van der Waals surface area contributed by atoms with E-state index in [9.17, 15) is 8.42 Å². The van der Waals surface area contributed by atoms with Gasteiger partial charge in [0.25, 0.3) is 0 Å². The smallest absolute Gasteiger partial charge is 0.154 e. The van der Waals surface area contributed by atoms with Crippen molar-refractivity contribution in [2.24, 2.45) is 0 Å². The molecular weight excluding hydrogens is 246 g/mol. The number of nitrogens with one attached hydrogen (secondary N) is 1. The van der Waals surface area contributed by atoms with Crippen molar-refractivity contribution >= 4 is 9.84 Å². The number of hydrogen-bond donors (Lipinski definition) is 1. The van der Waals surface area contributed by atoms with Crippen molar-refractivity contribution in [2.45, 2.75) is 62.7 Å². The maximum absolute atomic E-state index is 12.1. The Labute approximate surface area is 112 Å². The highest BCUT2D eigenvalue weighted by Gasteiger charge is 2.34. The standard InChI is InChI=1S/C14H27NO2S/c1-3-4-5-6-7-10-13(15-2)14-11-8-9-12-18(14,16)17/h3,13-15H,1,4-12H2,2H3. The Morgan fingerprint density at radius 1 is 1.33 bits per heavy atom. The van der Waals surface area contributed by atoms with Crippen molar-refractivity contribution in [2.75, 3.05) is 12.8 Å². The fraction of sp³-hybridized carbons (Fsp3) is 0.857. The van der Waals surface area contributed by atoms with E-state index in [1.165, 1.54) is 0 Å². The summed E-state index contributed by atoms with van der Waals surface area (Å²) in [6.07, 6.45) is 10.1. The SMILES string of the molecule is C=CCCCCCC(NC)C1CCCCS1(=O)=O. The first-order valence-electron chi connectivity index (χ1n) is 7.11. The van der Waals surface area contributed by atoms with Crippen molar-refractivity contribution in [3.63, 3.8) is 0 Å². The van der Waals surface area contributed by atoms with Crippen LogP contribution in [0.5, 0.6) is 0 Å². The van der Waals surface area contributed by atoms with Gasteiger partial charge in [0.05, 0.1) is 11.0 Å². The van der Waals surface area contributed by atoms with Crippen LogP contribution >= 0.6 is 0 Å². The Morgan fingerprint density at radius 2 is 2.11 bits per heavy atom.